The van der Waals surface area contributed by atoms with E-state index >= 15 is 0 Å². The molecule has 0 fully saturated rings. The fourth-order valence-electron chi connectivity index (χ4n) is 4.05. The topological polar surface area (TPSA) is 84.3 Å². The number of amides is 1. The van der Waals surface area contributed by atoms with Gasteiger partial charge in [0.25, 0.3) is 0 Å². The van der Waals surface area contributed by atoms with E-state index in [0.29, 0.717) is 37.4 Å². The number of halogens is 2. The third-order valence-electron chi connectivity index (χ3n) is 5.84. The van der Waals surface area contributed by atoms with E-state index in [1.54, 1.807) is 39.0 Å². The fraction of sp³-hybridized carbons (Fsp3) is 0.417. The van der Waals surface area contributed by atoms with E-state index in [4.69, 9.17) is 0 Å². The van der Waals surface area contributed by atoms with E-state index < -0.39 is 27.7 Å². The van der Waals surface area contributed by atoms with Crippen molar-refractivity contribution in [3.8, 4) is 0 Å². The van der Waals surface area contributed by atoms with Crippen molar-refractivity contribution in [3.05, 3.63) is 59.4 Å². The molecule has 3 aromatic rings. The van der Waals surface area contributed by atoms with Gasteiger partial charge in [0.05, 0.1) is 22.0 Å². The molecule has 1 amide bonds. The number of aromatic nitrogens is 2. The molecular formula is C24H30F2N4O3S. The van der Waals surface area contributed by atoms with E-state index in [0.717, 1.165) is 17.6 Å². The number of hydrogen-bond acceptors (Lipinski definition) is 4. The van der Waals surface area contributed by atoms with Crippen LogP contribution in [0.3, 0.4) is 0 Å². The molecule has 0 aliphatic rings. The molecule has 0 aliphatic carbocycles. The molecule has 0 spiro atoms. The maximum Gasteiger partial charge on any atom is 0.243 e. The van der Waals surface area contributed by atoms with Gasteiger partial charge in [0, 0.05) is 44.1 Å². The summed E-state index contributed by atoms with van der Waals surface area (Å²) in [5.74, 6) is -1.02. The zero-order valence-electron chi connectivity index (χ0n) is 19.8. The number of nitrogens with one attached hydrogen (secondary N) is 1. The summed E-state index contributed by atoms with van der Waals surface area (Å²) >= 11 is 0. The molecular weight excluding hydrogens is 462 g/mol. The Morgan fingerprint density at radius 2 is 1.82 bits per heavy atom. The third kappa shape index (κ3) is 5.28. The average molecular weight is 493 g/mol. The Balaban J connectivity index is 1.77. The van der Waals surface area contributed by atoms with Crippen molar-refractivity contribution in [2.75, 3.05) is 13.1 Å². The van der Waals surface area contributed by atoms with Gasteiger partial charge in [0.1, 0.15) is 17.5 Å². The van der Waals surface area contributed by atoms with Crippen molar-refractivity contribution in [2.24, 2.45) is 0 Å². The lowest BCUT2D eigenvalue weighted by molar-refractivity contribution is -0.121. The number of carbonyl (C=O) groups is 1. The van der Waals surface area contributed by atoms with Gasteiger partial charge in [-0.05, 0) is 38.1 Å². The molecule has 1 heterocycles. The van der Waals surface area contributed by atoms with Crippen LogP contribution < -0.4 is 5.32 Å². The van der Waals surface area contributed by atoms with Crippen molar-refractivity contribution in [1.29, 1.82) is 0 Å². The molecule has 2 aromatic carbocycles. The maximum absolute atomic E-state index is 14.0. The van der Waals surface area contributed by atoms with Gasteiger partial charge in [-0.3, -0.25) is 4.79 Å². The van der Waals surface area contributed by atoms with Crippen LogP contribution in [-0.4, -0.2) is 41.3 Å². The highest BCUT2D eigenvalue weighted by Gasteiger charge is 2.23. The lowest BCUT2D eigenvalue weighted by Crippen LogP contribution is -2.30. The Morgan fingerprint density at radius 1 is 1.12 bits per heavy atom. The first-order valence-electron chi connectivity index (χ1n) is 11.4. The number of carbonyl (C=O) groups excluding carboxylic acids is 1. The smallest absolute Gasteiger partial charge is 0.243 e. The minimum atomic E-state index is -3.61. The number of hydrogen-bond donors (Lipinski definition) is 1. The first-order valence-corrected chi connectivity index (χ1v) is 12.8. The van der Waals surface area contributed by atoms with E-state index in [1.807, 2.05) is 11.5 Å². The molecule has 34 heavy (non-hydrogen) atoms. The average Bonchev–Trinajstić information content (AvgIpc) is 3.14. The molecule has 1 aromatic heterocycles. The Bertz CT molecular complexity index is 1290. The number of nitrogens with zero attached hydrogens (tertiary/aromatic N) is 3. The van der Waals surface area contributed by atoms with Crippen LogP contribution in [0.25, 0.3) is 11.0 Å². The molecule has 184 valence electrons. The summed E-state index contributed by atoms with van der Waals surface area (Å²) in [5.41, 5.74) is 1.54. The van der Waals surface area contributed by atoms with Crippen LogP contribution >= 0.6 is 0 Å². The third-order valence-corrected chi connectivity index (χ3v) is 7.89. The second kappa shape index (κ2) is 10.6. The molecule has 3 rings (SSSR count). The number of sulfonamides is 1. The Hall–Kier alpha value is -2.85. The number of benzene rings is 2. The van der Waals surface area contributed by atoms with E-state index in [1.165, 1.54) is 10.4 Å². The predicted octanol–water partition coefficient (Wildman–Crippen LogP) is 4.17. The van der Waals surface area contributed by atoms with Gasteiger partial charge < -0.3 is 9.88 Å². The molecule has 0 aliphatic heterocycles. The van der Waals surface area contributed by atoms with Crippen molar-refractivity contribution in [1.82, 2.24) is 19.2 Å². The summed E-state index contributed by atoms with van der Waals surface area (Å²) in [4.78, 5) is 17.3. The highest BCUT2D eigenvalue weighted by molar-refractivity contribution is 7.89. The van der Waals surface area contributed by atoms with Gasteiger partial charge in [-0.2, -0.15) is 4.31 Å². The summed E-state index contributed by atoms with van der Waals surface area (Å²) in [5, 5.41) is 2.73. The molecule has 0 saturated heterocycles. The van der Waals surface area contributed by atoms with Gasteiger partial charge in [0.2, 0.25) is 15.9 Å². The summed E-state index contributed by atoms with van der Waals surface area (Å²) in [6, 6.07) is 7.53. The van der Waals surface area contributed by atoms with Crippen LogP contribution in [0.4, 0.5) is 8.78 Å². The molecule has 1 N–H and O–H groups in total. The molecule has 7 nitrogen and oxygen atoms in total. The zero-order chi connectivity index (χ0) is 25.0. The first kappa shape index (κ1) is 25.8. The van der Waals surface area contributed by atoms with Crippen molar-refractivity contribution in [2.45, 2.75) is 58.0 Å². The summed E-state index contributed by atoms with van der Waals surface area (Å²) in [6.45, 7) is 8.52. The zero-order valence-corrected chi connectivity index (χ0v) is 20.6. The van der Waals surface area contributed by atoms with Crippen LogP contribution in [-0.2, 0) is 27.8 Å². The molecule has 0 saturated carbocycles. The second-order valence-electron chi connectivity index (χ2n) is 7.97. The van der Waals surface area contributed by atoms with Crippen molar-refractivity contribution < 1.29 is 22.0 Å². The summed E-state index contributed by atoms with van der Waals surface area (Å²) in [7, 11) is -3.61. The largest absolute Gasteiger partial charge is 0.349 e. The molecule has 1 unspecified atom stereocenters. The monoisotopic (exact) mass is 492 g/mol. The Morgan fingerprint density at radius 3 is 2.44 bits per heavy atom. The Kier molecular flexibility index (Phi) is 8.04. The Labute approximate surface area is 198 Å². The minimum Gasteiger partial charge on any atom is -0.349 e. The normalized spacial score (nSPS) is 12.9. The van der Waals surface area contributed by atoms with E-state index in [9.17, 15) is 22.0 Å². The minimum absolute atomic E-state index is 0.112. The van der Waals surface area contributed by atoms with Crippen LogP contribution in [0.1, 0.15) is 51.5 Å². The predicted molar refractivity (Wildman–Crippen MR) is 127 cm³/mol. The highest BCUT2D eigenvalue weighted by atomic mass is 32.2. The maximum atomic E-state index is 14.0. The summed E-state index contributed by atoms with van der Waals surface area (Å²) < 4.78 is 56.2. The number of fused-ring (bicyclic) bond motifs is 1. The van der Waals surface area contributed by atoms with Crippen LogP contribution in [0.2, 0.25) is 0 Å². The van der Waals surface area contributed by atoms with Gasteiger partial charge in [-0.1, -0.05) is 19.9 Å². The number of imidazole rings is 1. The van der Waals surface area contributed by atoms with Crippen molar-refractivity contribution >= 4 is 27.0 Å². The molecule has 0 radical (unpaired) electrons. The van der Waals surface area contributed by atoms with Crippen LogP contribution in [0, 0.1) is 11.6 Å². The van der Waals surface area contributed by atoms with Gasteiger partial charge in [0.15, 0.2) is 0 Å². The lowest BCUT2D eigenvalue weighted by atomic mass is 10.1. The first-order chi connectivity index (χ1) is 16.1. The van der Waals surface area contributed by atoms with Crippen LogP contribution in [0.15, 0.2) is 41.3 Å². The van der Waals surface area contributed by atoms with Crippen molar-refractivity contribution in [3.63, 3.8) is 0 Å². The van der Waals surface area contributed by atoms with Gasteiger partial charge in [-0.25, -0.2) is 22.2 Å². The fourth-order valence-corrected chi connectivity index (χ4v) is 5.52. The van der Waals surface area contributed by atoms with E-state index in [-0.39, 0.29) is 22.8 Å². The highest BCUT2D eigenvalue weighted by Crippen LogP contribution is 2.24. The quantitative estimate of drug-likeness (QED) is 0.460. The lowest BCUT2D eigenvalue weighted by Gasteiger charge is -2.18. The van der Waals surface area contributed by atoms with E-state index in [2.05, 4.69) is 10.3 Å². The molecule has 10 heteroatoms. The standard InChI is InChI=1S/C24H30F2N4O3S/c1-5-29(6-2)34(32,33)18-9-11-22-21(15-18)28-23(30(22)7-3)12-13-24(31)27-16(4)19-10-8-17(25)14-20(19)26/h8-11,14-16H,5-7,12-13H2,1-4H3,(H,27,31). The van der Waals surface area contributed by atoms with Gasteiger partial charge >= 0.3 is 0 Å². The molecule has 0 bridgehead atoms. The van der Waals surface area contributed by atoms with Crippen LogP contribution in [0.5, 0.6) is 0 Å². The summed E-state index contributed by atoms with van der Waals surface area (Å²) in [6.07, 6.45) is 0.437. The SMILES string of the molecule is CCN(CC)S(=O)(=O)c1ccc2c(c1)nc(CCC(=O)NC(C)c1ccc(F)cc1F)n2CC. The van der Waals surface area contributed by atoms with Gasteiger partial charge in [-0.15, -0.1) is 0 Å². The number of aryl methyl sites for hydroxylation is 2. The second-order valence-corrected chi connectivity index (χ2v) is 9.91. The molecule has 1 atom stereocenters. The number of rotatable bonds is 10.